The van der Waals surface area contributed by atoms with Crippen molar-refractivity contribution in [2.24, 2.45) is 0 Å². The lowest BCUT2D eigenvalue weighted by Gasteiger charge is -2.26. The number of hydrogen-bond donors (Lipinski definition) is 1. The largest absolute Gasteiger partial charge is 0.507 e. The van der Waals surface area contributed by atoms with E-state index in [2.05, 4.69) is 0 Å². The molecule has 6 nitrogen and oxygen atoms in total. The standard InChI is InChI=1S/C27H32N2O4/c1-28(2)14-7-15-29-24(20-10-6-11-22(17-20)33-3)23(26(31)27(29)32)25(30)21-13-12-18-8-4-5-9-19(18)16-21/h6,10-13,16-17,24,30H,4-5,7-9,14-15H2,1-3H3/b25-23-. The molecule has 0 aromatic heterocycles. The molecule has 4 rings (SSSR count). The number of Topliss-reactive ketones (excluding diaryl/α,β-unsaturated/α-hetero) is 1. The molecule has 1 saturated heterocycles. The molecule has 1 aliphatic heterocycles. The van der Waals surface area contributed by atoms with Gasteiger partial charge in [-0.1, -0.05) is 24.3 Å². The Kier molecular flexibility index (Phi) is 6.84. The number of ketones is 1. The van der Waals surface area contributed by atoms with Crippen molar-refractivity contribution in [3.8, 4) is 5.75 Å². The maximum Gasteiger partial charge on any atom is 0.295 e. The molecule has 2 aromatic rings. The van der Waals surface area contributed by atoms with Crippen molar-refractivity contribution in [3.05, 3.63) is 70.3 Å². The van der Waals surface area contributed by atoms with Crippen LogP contribution in [0.5, 0.6) is 5.75 Å². The molecule has 0 spiro atoms. The Morgan fingerprint density at radius 2 is 1.85 bits per heavy atom. The number of hydrogen-bond acceptors (Lipinski definition) is 5. The van der Waals surface area contributed by atoms with E-state index < -0.39 is 17.7 Å². The van der Waals surface area contributed by atoms with Crippen LogP contribution < -0.4 is 4.74 Å². The van der Waals surface area contributed by atoms with Crippen LogP contribution in [-0.2, 0) is 22.4 Å². The summed E-state index contributed by atoms with van der Waals surface area (Å²) in [6.07, 6.45) is 5.02. The van der Waals surface area contributed by atoms with E-state index in [1.165, 1.54) is 17.5 Å². The number of carbonyl (C=O) groups excluding carboxylic acids is 2. The van der Waals surface area contributed by atoms with Crippen LogP contribution in [0.2, 0.25) is 0 Å². The fourth-order valence-electron chi connectivity index (χ4n) is 4.86. The van der Waals surface area contributed by atoms with Gasteiger partial charge in [0, 0.05) is 12.1 Å². The van der Waals surface area contributed by atoms with Crippen molar-refractivity contribution in [1.29, 1.82) is 0 Å². The zero-order chi connectivity index (χ0) is 23.5. The van der Waals surface area contributed by atoms with E-state index in [9.17, 15) is 14.7 Å². The number of ether oxygens (including phenoxy) is 1. The number of aryl methyl sites for hydroxylation is 2. The lowest BCUT2D eigenvalue weighted by molar-refractivity contribution is -0.139. The summed E-state index contributed by atoms with van der Waals surface area (Å²) in [4.78, 5) is 29.9. The van der Waals surface area contributed by atoms with E-state index in [1.54, 1.807) is 12.0 Å². The van der Waals surface area contributed by atoms with Crippen LogP contribution in [0, 0.1) is 0 Å². The quantitative estimate of drug-likeness (QED) is 0.395. The molecule has 1 amide bonds. The van der Waals surface area contributed by atoms with Crippen molar-refractivity contribution in [3.63, 3.8) is 0 Å². The smallest absolute Gasteiger partial charge is 0.295 e. The maximum atomic E-state index is 13.2. The number of aliphatic hydroxyl groups excluding tert-OH is 1. The van der Waals surface area contributed by atoms with Crippen molar-refractivity contribution >= 4 is 17.4 Å². The zero-order valence-electron chi connectivity index (χ0n) is 19.6. The molecule has 1 N–H and O–H groups in total. The predicted octanol–water partition coefficient (Wildman–Crippen LogP) is 3.95. The molecule has 1 heterocycles. The van der Waals surface area contributed by atoms with Gasteiger partial charge in [-0.05, 0) is 87.6 Å². The molecule has 33 heavy (non-hydrogen) atoms. The van der Waals surface area contributed by atoms with E-state index in [0.29, 0.717) is 17.9 Å². The molecular weight excluding hydrogens is 416 g/mol. The second kappa shape index (κ2) is 9.79. The van der Waals surface area contributed by atoms with Gasteiger partial charge < -0.3 is 19.6 Å². The summed E-state index contributed by atoms with van der Waals surface area (Å²) in [5.41, 5.74) is 4.00. The van der Waals surface area contributed by atoms with Gasteiger partial charge in [0.2, 0.25) is 0 Å². The first-order valence-corrected chi connectivity index (χ1v) is 11.6. The average molecular weight is 449 g/mol. The number of benzene rings is 2. The highest BCUT2D eigenvalue weighted by Crippen LogP contribution is 2.40. The normalized spacial score (nSPS) is 19.8. The third-order valence-electron chi connectivity index (χ3n) is 6.58. The van der Waals surface area contributed by atoms with Crippen LogP contribution in [0.4, 0.5) is 0 Å². The second-order valence-corrected chi connectivity index (χ2v) is 9.12. The average Bonchev–Trinajstić information content (AvgIpc) is 3.08. The topological polar surface area (TPSA) is 70.1 Å². The molecule has 1 fully saturated rings. The summed E-state index contributed by atoms with van der Waals surface area (Å²) in [7, 11) is 5.54. The molecule has 1 aliphatic carbocycles. The van der Waals surface area contributed by atoms with Gasteiger partial charge >= 0.3 is 0 Å². The number of methoxy groups -OCH3 is 1. The highest BCUT2D eigenvalue weighted by molar-refractivity contribution is 6.46. The van der Waals surface area contributed by atoms with E-state index in [-0.39, 0.29) is 11.3 Å². The minimum absolute atomic E-state index is 0.107. The van der Waals surface area contributed by atoms with Crippen molar-refractivity contribution in [1.82, 2.24) is 9.80 Å². The monoisotopic (exact) mass is 448 g/mol. The van der Waals surface area contributed by atoms with E-state index >= 15 is 0 Å². The summed E-state index contributed by atoms with van der Waals surface area (Å²) in [5, 5.41) is 11.3. The maximum absolute atomic E-state index is 13.2. The molecule has 2 aliphatic rings. The number of amides is 1. The number of likely N-dealkylation sites (tertiary alicyclic amines) is 1. The first-order valence-electron chi connectivity index (χ1n) is 11.6. The zero-order valence-corrected chi connectivity index (χ0v) is 19.6. The van der Waals surface area contributed by atoms with Gasteiger partial charge in [0.25, 0.3) is 11.7 Å². The highest BCUT2D eigenvalue weighted by atomic mass is 16.5. The van der Waals surface area contributed by atoms with Crippen LogP contribution in [-0.4, -0.2) is 60.9 Å². The minimum Gasteiger partial charge on any atom is -0.507 e. The number of fused-ring (bicyclic) bond motifs is 1. The van der Waals surface area contributed by atoms with Gasteiger partial charge in [-0.15, -0.1) is 0 Å². The summed E-state index contributed by atoms with van der Waals surface area (Å²) in [6, 6.07) is 12.6. The molecular formula is C27H32N2O4. The number of nitrogens with zero attached hydrogens (tertiary/aromatic N) is 2. The Morgan fingerprint density at radius 1 is 1.09 bits per heavy atom. The molecule has 0 saturated carbocycles. The first-order chi connectivity index (χ1) is 15.9. The lowest BCUT2D eigenvalue weighted by Crippen LogP contribution is -2.32. The van der Waals surface area contributed by atoms with Crippen LogP contribution in [0.25, 0.3) is 5.76 Å². The van der Waals surface area contributed by atoms with Gasteiger partial charge in [0.05, 0.1) is 18.7 Å². The molecule has 1 unspecified atom stereocenters. The molecule has 0 bridgehead atoms. The number of rotatable bonds is 7. The third-order valence-corrected chi connectivity index (χ3v) is 6.58. The van der Waals surface area contributed by atoms with Crippen molar-refractivity contribution < 1.29 is 19.4 Å². The van der Waals surface area contributed by atoms with Gasteiger partial charge in [-0.25, -0.2) is 0 Å². The number of aliphatic hydroxyl groups is 1. The Morgan fingerprint density at radius 3 is 2.58 bits per heavy atom. The molecule has 0 radical (unpaired) electrons. The van der Waals surface area contributed by atoms with Crippen LogP contribution in [0.15, 0.2) is 48.0 Å². The fourth-order valence-corrected chi connectivity index (χ4v) is 4.86. The summed E-state index contributed by atoms with van der Waals surface area (Å²) in [6.45, 7) is 1.21. The Balaban J connectivity index is 1.79. The molecule has 1 atom stereocenters. The Hall–Kier alpha value is -3.12. The third kappa shape index (κ3) is 4.67. The molecule has 2 aromatic carbocycles. The van der Waals surface area contributed by atoms with E-state index in [4.69, 9.17) is 4.74 Å². The minimum atomic E-state index is -0.654. The Labute approximate surface area is 195 Å². The van der Waals surface area contributed by atoms with Crippen LogP contribution in [0.1, 0.15) is 47.6 Å². The van der Waals surface area contributed by atoms with Gasteiger partial charge in [-0.2, -0.15) is 0 Å². The molecule has 174 valence electrons. The van der Waals surface area contributed by atoms with E-state index in [0.717, 1.165) is 37.8 Å². The fraction of sp³-hybridized carbons (Fsp3) is 0.407. The van der Waals surface area contributed by atoms with Gasteiger partial charge in [-0.3, -0.25) is 9.59 Å². The lowest BCUT2D eigenvalue weighted by atomic mass is 9.88. The summed E-state index contributed by atoms with van der Waals surface area (Å²) < 4.78 is 5.38. The van der Waals surface area contributed by atoms with Gasteiger partial charge in [0.15, 0.2) is 0 Å². The SMILES string of the molecule is COc1cccc(C2/C(=C(/O)c3ccc4c(c3)CCCC4)C(=O)C(=O)N2CCCN(C)C)c1. The highest BCUT2D eigenvalue weighted by Gasteiger charge is 2.46. The van der Waals surface area contributed by atoms with Crippen LogP contribution >= 0.6 is 0 Å². The Bertz CT molecular complexity index is 1090. The predicted molar refractivity (Wildman–Crippen MR) is 128 cm³/mol. The van der Waals surface area contributed by atoms with E-state index in [1.807, 2.05) is 61.5 Å². The van der Waals surface area contributed by atoms with Crippen LogP contribution in [0.3, 0.4) is 0 Å². The van der Waals surface area contributed by atoms with Gasteiger partial charge in [0.1, 0.15) is 11.5 Å². The summed E-state index contributed by atoms with van der Waals surface area (Å²) in [5.74, 6) is -0.672. The van der Waals surface area contributed by atoms with Crippen molar-refractivity contribution in [2.45, 2.75) is 38.1 Å². The molecule has 6 heteroatoms. The summed E-state index contributed by atoms with van der Waals surface area (Å²) >= 11 is 0. The first kappa shape index (κ1) is 23.1. The van der Waals surface area contributed by atoms with Crippen molar-refractivity contribution in [2.75, 3.05) is 34.3 Å². The second-order valence-electron chi connectivity index (χ2n) is 9.12. The number of carbonyl (C=O) groups is 2.